The molecule has 17 nitrogen and oxygen atoms in total. The van der Waals surface area contributed by atoms with Crippen LogP contribution in [0.25, 0.3) is 0 Å². The van der Waals surface area contributed by atoms with Gasteiger partial charge in [0.1, 0.15) is 19.3 Å². The maximum Gasteiger partial charge on any atom is 0.472 e. The Hall–Kier alpha value is -5.06. The number of allylic oxidation sites excluding steroid dienone is 23. The Kier molecular flexibility index (Phi) is 70.5. The largest absolute Gasteiger partial charge is 0.472 e. The van der Waals surface area contributed by atoms with Crippen LogP contribution in [0.3, 0.4) is 0 Å². The summed E-state index contributed by atoms with van der Waals surface area (Å²) in [6.07, 6.45) is 84.3. The highest BCUT2D eigenvalue weighted by Crippen LogP contribution is 2.45. The van der Waals surface area contributed by atoms with Gasteiger partial charge < -0.3 is 33.8 Å². The van der Waals surface area contributed by atoms with Crippen LogP contribution in [-0.2, 0) is 65.4 Å². The number of carbonyl (C=O) groups excluding carboxylic acids is 4. The van der Waals surface area contributed by atoms with Crippen LogP contribution in [0.4, 0.5) is 0 Å². The third-order valence-electron chi connectivity index (χ3n) is 15.8. The summed E-state index contributed by atoms with van der Waals surface area (Å²) < 4.78 is 68.4. The monoisotopic (exact) mass is 1470 g/mol. The lowest BCUT2D eigenvalue weighted by atomic mass is 10.0. The molecule has 0 aromatic heterocycles. The number of unbranched alkanes of at least 4 members (excludes halogenated alkanes) is 23. The molecule has 19 heteroatoms. The summed E-state index contributed by atoms with van der Waals surface area (Å²) in [4.78, 5) is 72.9. The molecular formula is C83H138O17P2. The molecule has 0 heterocycles. The molecule has 3 N–H and O–H groups in total. The number of carbonyl (C=O) groups is 4. The normalized spacial score (nSPS) is 14.7. The highest BCUT2D eigenvalue weighted by atomic mass is 31.2. The highest BCUT2D eigenvalue weighted by molar-refractivity contribution is 7.47. The van der Waals surface area contributed by atoms with E-state index < -0.39 is 97.5 Å². The minimum absolute atomic E-state index is 0.0880. The van der Waals surface area contributed by atoms with Crippen LogP contribution >= 0.6 is 15.6 Å². The molecule has 5 atom stereocenters. The average Bonchev–Trinajstić information content (AvgIpc) is 0.919. The van der Waals surface area contributed by atoms with Crippen LogP contribution in [0.2, 0.25) is 0 Å². The first kappa shape index (κ1) is 96.9. The van der Waals surface area contributed by atoms with Crippen LogP contribution in [0.1, 0.15) is 297 Å². The third-order valence-corrected chi connectivity index (χ3v) is 17.7. The topological polar surface area (TPSA) is 237 Å². The maximum atomic E-state index is 13.1. The van der Waals surface area contributed by atoms with Crippen molar-refractivity contribution in [3.8, 4) is 0 Å². The molecule has 5 unspecified atom stereocenters. The molecule has 0 radical (unpaired) electrons. The second-order valence-electron chi connectivity index (χ2n) is 25.5. The average molecular weight is 1470 g/mol. The van der Waals surface area contributed by atoms with Gasteiger partial charge in [0.15, 0.2) is 12.2 Å². The number of hydrogen-bond acceptors (Lipinski definition) is 15. The van der Waals surface area contributed by atoms with Gasteiger partial charge in [-0.3, -0.25) is 37.3 Å². The SMILES string of the molecule is CC/C=C\C/C=C\C/C=C\C/C=C\C/C=C\CC(=O)OC(COC(=O)CCCCCC/C=C\C/C=C\C/C=C\C/C=C\CC)COP(=O)(O)OCC(O)COP(=O)(O)OCC(COC(=O)CCCCCCC/C=C\C/C=C\C/C=C\CC)OC(=O)CCCCCCCCCCCCCCCCC. The van der Waals surface area contributed by atoms with Gasteiger partial charge in [-0.15, -0.1) is 0 Å². The lowest BCUT2D eigenvalue weighted by Gasteiger charge is -2.21. The van der Waals surface area contributed by atoms with Gasteiger partial charge in [0.05, 0.1) is 32.8 Å². The van der Waals surface area contributed by atoms with Gasteiger partial charge in [0.2, 0.25) is 0 Å². The fraction of sp³-hybridized carbons (Fsp3) is 0.663. The van der Waals surface area contributed by atoms with E-state index >= 15 is 0 Å². The summed E-state index contributed by atoms with van der Waals surface area (Å²) in [5, 5.41) is 10.6. The fourth-order valence-electron chi connectivity index (χ4n) is 10.0. The van der Waals surface area contributed by atoms with E-state index in [1.807, 2.05) is 12.2 Å². The third kappa shape index (κ3) is 73.3. The number of phosphoric ester groups is 2. The van der Waals surface area contributed by atoms with Gasteiger partial charge in [-0.1, -0.05) is 296 Å². The first-order valence-electron chi connectivity index (χ1n) is 39.1. The van der Waals surface area contributed by atoms with Gasteiger partial charge in [0, 0.05) is 19.3 Å². The molecule has 0 amide bonds. The molecule has 0 saturated heterocycles. The van der Waals surface area contributed by atoms with Crippen molar-refractivity contribution in [2.45, 2.75) is 316 Å². The van der Waals surface area contributed by atoms with E-state index in [1.165, 1.54) is 64.2 Å². The lowest BCUT2D eigenvalue weighted by Crippen LogP contribution is -2.30. The second-order valence-corrected chi connectivity index (χ2v) is 28.4. The second kappa shape index (κ2) is 74.2. The zero-order valence-electron chi connectivity index (χ0n) is 63.5. The Morgan fingerprint density at radius 1 is 0.294 bits per heavy atom. The van der Waals surface area contributed by atoms with Crippen LogP contribution in [-0.4, -0.2) is 96.7 Å². The molecule has 102 heavy (non-hydrogen) atoms. The van der Waals surface area contributed by atoms with E-state index in [0.29, 0.717) is 25.7 Å². The van der Waals surface area contributed by atoms with E-state index in [4.69, 9.17) is 37.0 Å². The molecule has 582 valence electrons. The summed E-state index contributed by atoms with van der Waals surface area (Å²) in [6, 6.07) is 0. The molecule has 0 saturated carbocycles. The molecule has 0 aliphatic carbocycles. The van der Waals surface area contributed by atoms with Crippen molar-refractivity contribution in [2.75, 3.05) is 39.6 Å². The molecular weight excluding hydrogens is 1330 g/mol. The molecule has 0 aliphatic heterocycles. The number of aliphatic hydroxyl groups is 1. The Morgan fingerprint density at radius 3 is 0.873 bits per heavy atom. The van der Waals surface area contributed by atoms with Gasteiger partial charge in [-0.2, -0.15) is 0 Å². The Bertz CT molecular complexity index is 2510. The smallest absolute Gasteiger partial charge is 0.462 e. The molecule has 0 rings (SSSR count). The van der Waals surface area contributed by atoms with E-state index in [1.54, 1.807) is 12.2 Å². The first-order chi connectivity index (χ1) is 49.7. The van der Waals surface area contributed by atoms with E-state index in [9.17, 15) is 43.2 Å². The number of ether oxygens (including phenoxy) is 4. The molecule has 0 aromatic rings. The van der Waals surface area contributed by atoms with E-state index in [0.717, 1.165) is 154 Å². The predicted molar refractivity (Wildman–Crippen MR) is 417 cm³/mol. The van der Waals surface area contributed by atoms with E-state index in [2.05, 4.69) is 149 Å². The molecule has 0 spiro atoms. The molecule has 0 aromatic carbocycles. The standard InChI is InChI=1S/C83H138O17P2/c1-5-9-13-17-21-25-29-33-37-38-42-44-48-52-56-60-64-68-81(86)94-74-79(100-83(88)70-66-62-58-54-50-46-41-36-32-28-24-20-16-12-8-4)76-98-102(91,92)96-72-77(84)71-95-101(89,90)97-75-78(99-82(87)69-65-61-57-53-49-45-40-35-31-27-23-19-15-11-7-3)73-93-80(85)67-63-59-55-51-47-43-39-34-30-26-22-18-14-10-6-2/h9-10,12-14,16,21-22,24-26,28,33-34,36-37,39,41-42,44,50,54,62,66,77-79,84H,5-8,11,15,17-20,23,27,29-32,35,38,40,43,45-49,51-53,55-61,63-65,67-76H2,1-4H3,(H,89,90)(H,91,92)/b13-9-,14-10-,16-12-,25-21-,26-22-,28-24-,37-33-,39-34-,41-36-,44-42-,54-50-,66-62-. The minimum atomic E-state index is -5.01. The number of aliphatic hydroxyl groups excluding tert-OH is 1. The number of esters is 4. The van der Waals surface area contributed by atoms with Gasteiger partial charge in [-0.25, -0.2) is 9.13 Å². The van der Waals surface area contributed by atoms with Crippen molar-refractivity contribution in [3.63, 3.8) is 0 Å². The van der Waals surface area contributed by atoms with Crippen LogP contribution in [0, 0.1) is 0 Å². The van der Waals surface area contributed by atoms with Crippen molar-refractivity contribution in [3.05, 3.63) is 146 Å². The lowest BCUT2D eigenvalue weighted by molar-refractivity contribution is -0.161. The molecule has 0 bridgehead atoms. The van der Waals surface area contributed by atoms with Crippen molar-refractivity contribution in [1.82, 2.24) is 0 Å². The van der Waals surface area contributed by atoms with Crippen LogP contribution < -0.4 is 0 Å². The zero-order valence-corrected chi connectivity index (χ0v) is 65.3. The van der Waals surface area contributed by atoms with Crippen molar-refractivity contribution in [2.24, 2.45) is 0 Å². The maximum absolute atomic E-state index is 13.1. The Morgan fingerprint density at radius 2 is 0.549 bits per heavy atom. The van der Waals surface area contributed by atoms with Crippen molar-refractivity contribution < 1.29 is 80.2 Å². The van der Waals surface area contributed by atoms with Crippen molar-refractivity contribution in [1.29, 1.82) is 0 Å². The van der Waals surface area contributed by atoms with Crippen LogP contribution in [0.15, 0.2) is 146 Å². The number of rotatable bonds is 72. The summed E-state index contributed by atoms with van der Waals surface area (Å²) >= 11 is 0. The van der Waals surface area contributed by atoms with E-state index in [-0.39, 0.29) is 25.7 Å². The summed E-state index contributed by atoms with van der Waals surface area (Å²) in [5.74, 6) is -2.37. The molecule has 0 fully saturated rings. The van der Waals surface area contributed by atoms with Crippen LogP contribution in [0.5, 0.6) is 0 Å². The zero-order chi connectivity index (χ0) is 74.6. The number of hydrogen-bond donors (Lipinski definition) is 3. The first-order valence-corrected chi connectivity index (χ1v) is 42.1. The summed E-state index contributed by atoms with van der Waals surface area (Å²) in [6.45, 7) is 4.38. The van der Waals surface area contributed by atoms with Crippen molar-refractivity contribution >= 4 is 39.5 Å². The Balaban J connectivity index is 5.46. The fourth-order valence-corrected chi connectivity index (χ4v) is 11.6. The highest BCUT2D eigenvalue weighted by Gasteiger charge is 2.30. The number of phosphoric acid groups is 2. The Labute approximate surface area is 617 Å². The van der Waals surface area contributed by atoms with Gasteiger partial charge in [-0.05, 0) is 122 Å². The quantitative estimate of drug-likeness (QED) is 0.0169. The van der Waals surface area contributed by atoms with Gasteiger partial charge >= 0.3 is 39.5 Å². The van der Waals surface area contributed by atoms with Gasteiger partial charge in [0.25, 0.3) is 0 Å². The summed E-state index contributed by atoms with van der Waals surface area (Å²) in [5.41, 5.74) is 0. The minimum Gasteiger partial charge on any atom is -0.462 e. The predicted octanol–water partition coefficient (Wildman–Crippen LogP) is 22.7. The molecule has 0 aliphatic rings. The summed E-state index contributed by atoms with van der Waals surface area (Å²) in [7, 11) is -10.0.